The number of nitrogens with one attached hydrogen (secondary N) is 1. The van der Waals surface area contributed by atoms with Crippen molar-refractivity contribution in [1.82, 2.24) is 5.32 Å². The van der Waals surface area contributed by atoms with Crippen LogP contribution in [-0.4, -0.2) is 7.11 Å². The van der Waals surface area contributed by atoms with Gasteiger partial charge in [-0.2, -0.15) is 0 Å². The molecule has 0 spiro atoms. The Balaban J connectivity index is 1.65. The summed E-state index contributed by atoms with van der Waals surface area (Å²) in [6, 6.07) is 17.9. The molecule has 0 amide bonds. The molecule has 1 heterocycles. The zero-order chi connectivity index (χ0) is 17.5. The lowest BCUT2D eigenvalue weighted by Gasteiger charge is -2.14. The van der Waals surface area contributed by atoms with Gasteiger partial charge in [0.1, 0.15) is 6.61 Å². The lowest BCUT2D eigenvalue weighted by atomic mass is 10.2. The largest absolute Gasteiger partial charge is 0.493 e. The van der Waals surface area contributed by atoms with Crippen LogP contribution < -0.4 is 14.8 Å². The van der Waals surface area contributed by atoms with E-state index < -0.39 is 0 Å². The van der Waals surface area contributed by atoms with E-state index in [-0.39, 0.29) is 0 Å². The molecule has 0 radical (unpaired) electrons. The average molecular weight is 374 g/mol. The molecule has 0 bridgehead atoms. The van der Waals surface area contributed by atoms with Crippen LogP contribution in [-0.2, 0) is 19.7 Å². The predicted molar refractivity (Wildman–Crippen MR) is 104 cm³/mol. The molecule has 0 saturated heterocycles. The highest BCUT2D eigenvalue weighted by Crippen LogP contribution is 2.34. The van der Waals surface area contributed by atoms with Crippen LogP contribution in [0.25, 0.3) is 0 Å². The third-order valence-electron chi connectivity index (χ3n) is 3.76. The number of hydrogen-bond donors (Lipinski definition) is 1. The molecule has 0 aliphatic rings. The standard InChI is InChI=1S/C20H20ClNO2S/c1-23-19-10-16(12-22-13-17-8-5-9-25-17)18(21)11-20(19)24-14-15-6-3-2-4-7-15/h2-11,22H,12-14H2,1H3. The van der Waals surface area contributed by atoms with Crippen LogP contribution >= 0.6 is 22.9 Å². The minimum atomic E-state index is 0.476. The Hall–Kier alpha value is -2.01. The second kappa shape index (κ2) is 8.90. The summed E-state index contributed by atoms with van der Waals surface area (Å²) in [5.41, 5.74) is 2.09. The molecule has 130 valence electrons. The van der Waals surface area contributed by atoms with Crippen LogP contribution in [0.3, 0.4) is 0 Å². The summed E-state index contributed by atoms with van der Waals surface area (Å²) >= 11 is 8.16. The Labute approximate surface area is 157 Å². The van der Waals surface area contributed by atoms with Crippen molar-refractivity contribution in [1.29, 1.82) is 0 Å². The second-order valence-corrected chi connectivity index (χ2v) is 6.99. The maximum absolute atomic E-state index is 6.43. The molecular weight excluding hydrogens is 354 g/mol. The molecule has 0 aliphatic heterocycles. The van der Waals surface area contributed by atoms with Crippen molar-refractivity contribution in [2.24, 2.45) is 0 Å². The maximum atomic E-state index is 6.43. The van der Waals surface area contributed by atoms with Gasteiger partial charge < -0.3 is 14.8 Å². The SMILES string of the molecule is COc1cc(CNCc2cccs2)c(Cl)cc1OCc1ccccc1. The second-order valence-electron chi connectivity index (χ2n) is 5.55. The van der Waals surface area contributed by atoms with Gasteiger partial charge in [-0.15, -0.1) is 11.3 Å². The first kappa shape index (κ1) is 17.8. The van der Waals surface area contributed by atoms with Crippen LogP contribution in [0.1, 0.15) is 16.0 Å². The summed E-state index contributed by atoms with van der Waals surface area (Å²) in [6.45, 7) is 1.97. The molecule has 3 nitrogen and oxygen atoms in total. The van der Waals surface area contributed by atoms with Gasteiger partial charge in [0.15, 0.2) is 11.5 Å². The monoisotopic (exact) mass is 373 g/mol. The fraction of sp³-hybridized carbons (Fsp3) is 0.200. The zero-order valence-corrected chi connectivity index (χ0v) is 15.6. The zero-order valence-electron chi connectivity index (χ0n) is 14.0. The van der Waals surface area contributed by atoms with Crippen molar-refractivity contribution >= 4 is 22.9 Å². The summed E-state index contributed by atoms with van der Waals surface area (Å²) < 4.78 is 11.4. The van der Waals surface area contributed by atoms with Gasteiger partial charge in [-0.3, -0.25) is 0 Å². The third kappa shape index (κ3) is 4.98. The van der Waals surface area contributed by atoms with Crippen molar-refractivity contribution in [3.8, 4) is 11.5 Å². The Morgan fingerprint density at radius 2 is 1.84 bits per heavy atom. The fourth-order valence-corrected chi connectivity index (χ4v) is 3.35. The van der Waals surface area contributed by atoms with Gasteiger partial charge in [0, 0.05) is 29.1 Å². The number of halogens is 1. The lowest BCUT2D eigenvalue weighted by molar-refractivity contribution is 0.284. The summed E-state index contributed by atoms with van der Waals surface area (Å²) in [7, 11) is 1.64. The molecule has 1 aromatic heterocycles. The Morgan fingerprint density at radius 1 is 1.00 bits per heavy atom. The molecule has 0 fully saturated rings. The van der Waals surface area contributed by atoms with Crippen molar-refractivity contribution in [3.63, 3.8) is 0 Å². The van der Waals surface area contributed by atoms with Gasteiger partial charge in [-0.05, 0) is 28.6 Å². The van der Waals surface area contributed by atoms with Crippen molar-refractivity contribution < 1.29 is 9.47 Å². The van der Waals surface area contributed by atoms with E-state index in [2.05, 4.69) is 22.8 Å². The van der Waals surface area contributed by atoms with Crippen LogP contribution in [0.15, 0.2) is 60.0 Å². The average Bonchev–Trinajstić information content (AvgIpc) is 3.15. The van der Waals surface area contributed by atoms with Crippen molar-refractivity contribution in [3.05, 3.63) is 81.0 Å². The van der Waals surface area contributed by atoms with Gasteiger partial charge in [-0.25, -0.2) is 0 Å². The normalized spacial score (nSPS) is 10.6. The Bertz CT molecular complexity index is 791. The highest BCUT2D eigenvalue weighted by molar-refractivity contribution is 7.09. The van der Waals surface area contributed by atoms with Crippen molar-refractivity contribution in [2.45, 2.75) is 19.7 Å². The molecule has 3 rings (SSSR count). The molecule has 1 N–H and O–H groups in total. The Morgan fingerprint density at radius 3 is 2.56 bits per heavy atom. The molecule has 25 heavy (non-hydrogen) atoms. The lowest BCUT2D eigenvalue weighted by Crippen LogP contribution is -2.12. The van der Waals surface area contributed by atoms with Gasteiger partial charge in [0.05, 0.1) is 7.11 Å². The fourth-order valence-electron chi connectivity index (χ4n) is 2.45. The van der Waals surface area contributed by atoms with Crippen molar-refractivity contribution in [2.75, 3.05) is 7.11 Å². The highest BCUT2D eigenvalue weighted by atomic mass is 35.5. The summed E-state index contributed by atoms with van der Waals surface area (Å²) in [5, 5.41) is 6.15. The van der Waals surface area contributed by atoms with Gasteiger partial charge in [-0.1, -0.05) is 48.0 Å². The van der Waals surface area contributed by atoms with Crippen LogP contribution in [0, 0.1) is 0 Å². The van der Waals surface area contributed by atoms with Crippen LogP contribution in [0.2, 0.25) is 5.02 Å². The molecule has 0 unspecified atom stereocenters. The van der Waals surface area contributed by atoms with E-state index >= 15 is 0 Å². The first-order valence-corrected chi connectivity index (χ1v) is 9.28. The van der Waals surface area contributed by atoms with Crippen LogP contribution in [0.4, 0.5) is 0 Å². The van der Waals surface area contributed by atoms with Crippen LogP contribution in [0.5, 0.6) is 11.5 Å². The number of rotatable bonds is 8. The van der Waals surface area contributed by atoms with E-state index in [0.29, 0.717) is 29.7 Å². The summed E-state index contributed by atoms with van der Waals surface area (Å²) in [6.07, 6.45) is 0. The predicted octanol–water partition coefficient (Wildman–Crippen LogP) is 5.28. The molecule has 0 atom stereocenters. The quantitative estimate of drug-likeness (QED) is 0.582. The topological polar surface area (TPSA) is 30.5 Å². The van der Waals surface area contributed by atoms with E-state index in [4.69, 9.17) is 21.1 Å². The first-order valence-electron chi connectivity index (χ1n) is 8.02. The summed E-state index contributed by atoms with van der Waals surface area (Å²) in [4.78, 5) is 1.30. The van der Waals surface area contributed by atoms with Gasteiger partial charge in [0.2, 0.25) is 0 Å². The molecular formula is C20H20ClNO2S. The Kier molecular flexibility index (Phi) is 6.34. The molecule has 0 saturated carbocycles. The number of thiophene rings is 1. The number of hydrogen-bond acceptors (Lipinski definition) is 4. The van der Waals surface area contributed by atoms with Gasteiger partial charge >= 0.3 is 0 Å². The first-order chi connectivity index (χ1) is 12.3. The smallest absolute Gasteiger partial charge is 0.163 e. The summed E-state index contributed by atoms with van der Waals surface area (Å²) in [5.74, 6) is 1.34. The number of ether oxygens (including phenoxy) is 2. The van der Waals surface area contributed by atoms with E-state index in [1.54, 1.807) is 18.4 Å². The molecule has 0 aliphatic carbocycles. The minimum absolute atomic E-state index is 0.476. The number of methoxy groups -OCH3 is 1. The third-order valence-corrected chi connectivity index (χ3v) is 4.99. The van der Waals surface area contributed by atoms with E-state index in [9.17, 15) is 0 Å². The molecule has 3 aromatic rings. The van der Waals surface area contributed by atoms with E-state index in [1.165, 1.54) is 4.88 Å². The molecule has 5 heteroatoms. The minimum Gasteiger partial charge on any atom is -0.493 e. The van der Waals surface area contributed by atoms with E-state index in [1.807, 2.05) is 42.5 Å². The highest BCUT2D eigenvalue weighted by Gasteiger charge is 2.11. The van der Waals surface area contributed by atoms with Gasteiger partial charge in [0.25, 0.3) is 0 Å². The molecule has 2 aromatic carbocycles. The van der Waals surface area contributed by atoms with E-state index in [0.717, 1.165) is 17.7 Å². The maximum Gasteiger partial charge on any atom is 0.163 e. The number of benzene rings is 2.